The maximum atomic E-state index is 13.3. The van der Waals surface area contributed by atoms with Crippen molar-refractivity contribution in [2.75, 3.05) is 27.9 Å². The number of methoxy groups -OCH3 is 3. The Morgan fingerprint density at radius 1 is 0.868 bits per heavy atom. The van der Waals surface area contributed by atoms with Gasteiger partial charge >= 0.3 is 0 Å². The van der Waals surface area contributed by atoms with Gasteiger partial charge in [-0.25, -0.2) is 0 Å². The van der Waals surface area contributed by atoms with Gasteiger partial charge in [0.05, 0.1) is 38.5 Å². The Kier molecular flexibility index (Phi) is 8.21. The van der Waals surface area contributed by atoms with Crippen molar-refractivity contribution in [3.63, 3.8) is 0 Å². The number of hydrogen-bond donors (Lipinski definition) is 1. The van der Waals surface area contributed by atoms with Gasteiger partial charge in [0.25, 0.3) is 11.7 Å². The predicted molar refractivity (Wildman–Crippen MR) is 143 cm³/mol. The molecular weight excluding hydrogens is 486 g/mol. The summed E-state index contributed by atoms with van der Waals surface area (Å²) in [5.74, 6) is -0.0235. The van der Waals surface area contributed by atoms with Crippen LogP contribution in [0.5, 0.6) is 23.0 Å². The number of aliphatic hydroxyl groups is 1. The molecule has 1 fully saturated rings. The third-order valence-electron chi connectivity index (χ3n) is 6.41. The second kappa shape index (κ2) is 11.7. The number of nitrogens with zero attached hydrogens (tertiary/aromatic N) is 1. The van der Waals surface area contributed by atoms with Crippen LogP contribution in [0.4, 0.5) is 0 Å². The lowest BCUT2D eigenvalue weighted by Crippen LogP contribution is -2.30. The van der Waals surface area contributed by atoms with Gasteiger partial charge < -0.3 is 29.0 Å². The molecule has 1 aliphatic rings. The number of aliphatic hydroxyl groups excluding tert-OH is 1. The first-order chi connectivity index (χ1) is 18.4. The Bertz CT molecular complexity index is 1350. The van der Waals surface area contributed by atoms with Crippen molar-refractivity contribution < 1.29 is 33.6 Å². The first-order valence-electron chi connectivity index (χ1n) is 12.3. The molecule has 198 valence electrons. The molecule has 4 rings (SSSR count). The number of amides is 1. The largest absolute Gasteiger partial charge is 0.507 e. The van der Waals surface area contributed by atoms with E-state index in [1.54, 1.807) is 36.4 Å². The Labute approximate surface area is 222 Å². The Hall–Kier alpha value is -4.46. The van der Waals surface area contributed by atoms with E-state index in [9.17, 15) is 14.7 Å². The highest BCUT2D eigenvalue weighted by atomic mass is 16.5. The zero-order valence-corrected chi connectivity index (χ0v) is 21.9. The van der Waals surface area contributed by atoms with Gasteiger partial charge in [0.15, 0.2) is 11.5 Å². The number of carbonyl (C=O) groups excluding carboxylic acids is 2. The fraction of sp³-hybridized carbons (Fsp3) is 0.267. The van der Waals surface area contributed by atoms with Gasteiger partial charge in [-0.05, 0) is 47.9 Å². The maximum Gasteiger partial charge on any atom is 0.295 e. The molecular formula is C30H31NO7. The van der Waals surface area contributed by atoms with Crippen LogP contribution in [0.2, 0.25) is 0 Å². The van der Waals surface area contributed by atoms with Crippen LogP contribution in [-0.2, 0) is 16.2 Å². The molecule has 1 N–H and O–H groups in total. The molecule has 0 aliphatic carbocycles. The van der Waals surface area contributed by atoms with Gasteiger partial charge in [-0.15, -0.1) is 0 Å². The lowest BCUT2D eigenvalue weighted by Gasteiger charge is -2.25. The topological polar surface area (TPSA) is 94.5 Å². The third kappa shape index (κ3) is 5.16. The van der Waals surface area contributed by atoms with E-state index in [1.807, 2.05) is 37.3 Å². The minimum atomic E-state index is -0.831. The van der Waals surface area contributed by atoms with Crippen LogP contribution in [0.15, 0.2) is 72.3 Å². The number of ether oxygens (including phenoxy) is 4. The predicted octanol–water partition coefficient (Wildman–Crippen LogP) is 5.12. The number of benzene rings is 3. The molecule has 0 radical (unpaired) electrons. The second-order valence-electron chi connectivity index (χ2n) is 8.74. The zero-order valence-electron chi connectivity index (χ0n) is 21.9. The molecule has 1 saturated heterocycles. The Balaban J connectivity index is 1.80. The van der Waals surface area contributed by atoms with Gasteiger partial charge in [0, 0.05) is 6.54 Å². The number of hydrogen-bond acceptors (Lipinski definition) is 7. The number of likely N-dealkylation sites (tertiary alicyclic amines) is 1. The standard InChI is InChI=1S/C30H31NO7/c1-5-15-31-27(20-11-13-24(25(16-20)37-4)38-18-19-9-7-6-8-10-19)26(29(33)30(31)34)28(32)22-17-21(35-2)12-14-23(22)36-3/h6-14,16-17,27,32H,5,15,18H2,1-4H3/b28-26+. The molecule has 8 heteroatoms. The molecule has 8 nitrogen and oxygen atoms in total. The summed E-state index contributed by atoms with van der Waals surface area (Å²) in [5.41, 5.74) is 1.82. The van der Waals surface area contributed by atoms with Crippen molar-refractivity contribution in [2.24, 2.45) is 0 Å². The zero-order chi connectivity index (χ0) is 27.2. The van der Waals surface area contributed by atoms with Gasteiger partial charge in [0.1, 0.15) is 23.9 Å². The van der Waals surface area contributed by atoms with Crippen molar-refractivity contribution in [1.29, 1.82) is 0 Å². The molecule has 1 amide bonds. The molecule has 1 heterocycles. The van der Waals surface area contributed by atoms with Crippen LogP contribution in [0, 0.1) is 0 Å². The average molecular weight is 518 g/mol. The quantitative estimate of drug-likeness (QED) is 0.227. The summed E-state index contributed by atoms with van der Waals surface area (Å²) in [7, 11) is 4.49. The van der Waals surface area contributed by atoms with Crippen LogP contribution < -0.4 is 18.9 Å². The van der Waals surface area contributed by atoms with Crippen LogP contribution in [-0.4, -0.2) is 49.6 Å². The van der Waals surface area contributed by atoms with Crippen molar-refractivity contribution >= 4 is 17.4 Å². The SMILES string of the molecule is CCCN1C(=O)C(=O)/C(=C(/O)c2cc(OC)ccc2OC)C1c1ccc(OCc2ccccc2)c(OC)c1. The summed E-state index contributed by atoms with van der Waals surface area (Å²) in [4.78, 5) is 27.9. The maximum absolute atomic E-state index is 13.3. The van der Waals surface area contributed by atoms with E-state index < -0.39 is 17.7 Å². The van der Waals surface area contributed by atoms with Crippen molar-refractivity contribution in [2.45, 2.75) is 26.0 Å². The molecule has 38 heavy (non-hydrogen) atoms. The molecule has 3 aromatic rings. The van der Waals surface area contributed by atoms with E-state index in [1.165, 1.54) is 26.2 Å². The van der Waals surface area contributed by atoms with Crippen LogP contribution in [0.25, 0.3) is 5.76 Å². The third-order valence-corrected chi connectivity index (χ3v) is 6.41. The highest BCUT2D eigenvalue weighted by Crippen LogP contribution is 2.43. The molecule has 0 spiro atoms. The van der Waals surface area contributed by atoms with E-state index in [4.69, 9.17) is 18.9 Å². The molecule has 0 saturated carbocycles. The smallest absolute Gasteiger partial charge is 0.295 e. The van der Waals surface area contributed by atoms with Gasteiger partial charge in [-0.1, -0.05) is 43.3 Å². The summed E-state index contributed by atoms with van der Waals surface area (Å²) in [6.07, 6.45) is 0.626. The van der Waals surface area contributed by atoms with E-state index in [-0.39, 0.29) is 16.9 Å². The summed E-state index contributed by atoms with van der Waals surface area (Å²) < 4.78 is 22.3. The highest BCUT2D eigenvalue weighted by molar-refractivity contribution is 6.46. The van der Waals surface area contributed by atoms with E-state index in [0.29, 0.717) is 48.1 Å². The summed E-state index contributed by atoms with van der Waals surface area (Å²) >= 11 is 0. The Morgan fingerprint density at radius 2 is 1.58 bits per heavy atom. The second-order valence-corrected chi connectivity index (χ2v) is 8.74. The molecule has 0 aromatic heterocycles. The van der Waals surface area contributed by atoms with Crippen molar-refractivity contribution in [3.8, 4) is 23.0 Å². The van der Waals surface area contributed by atoms with Crippen LogP contribution in [0.3, 0.4) is 0 Å². The molecule has 1 atom stereocenters. The van der Waals surface area contributed by atoms with Gasteiger partial charge in [-0.3, -0.25) is 9.59 Å². The summed E-state index contributed by atoms with van der Waals surface area (Å²) in [5, 5.41) is 11.4. The number of rotatable bonds is 10. The summed E-state index contributed by atoms with van der Waals surface area (Å²) in [6.45, 7) is 2.60. The minimum Gasteiger partial charge on any atom is -0.507 e. The first kappa shape index (κ1) is 26.6. The Morgan fingerprint density at radius 3 is 2.24 bits per heavy atom. The van der Waals surface area contributed by atoms with Gasteiger partial charge in [-0.2, -0.15) is 0 Å². The van der Waals surface area contributed by atoms with E-state index >= 15 is 0 Å². The molecule has 1 aliphatic heterocycles. The fourth-order valence-corrected chi connectivity index (χ4v) is 4.55. The number of carbonyl (C=O) groups is 2. The average Bonchev–Trinajstić information content (AvgIpc) is 3.21. The molecule has 3 aromatic carbocycles. The van der Waals surface area contributed by atoms with Gasteiger partial charge in [0.2, 0.25) is 0 Å². The van der Waals surface area contributed by atoms with Crippen LogP contribution >= 0.6 is 0 Å². The monoisotopic (exact) mass is 517 g/mol. The van der Waals surface area contributed by atoms with E-state index in [2.05, 4.69) is 0 Å². The molecule has 0 bridgehead atoms. The lowest BCUT2D eigenvalue weighted by molar-refractivity contribution is -0.139. The normalized spacial score (nSPS) is 16.4. The van der Waals surface area contributed by atoms with Crippen molar-refractivity contribution in [1.82, 2.24) is 4.90 Å². The first-order valence-corrected chi connectivity index (χ1v) is 12.3. The highest BCUT2D eigenvalue weighted by Gasteiger charge is 2.46. The lowest BCUT2D eigenvalue weighted by atomic mass is 9.94. The number of ketones is 1. The number of Topliss-reactive ketones (excluding diaryl/α,β-unsaturated/α-hetero) is 1. The van der Waals surface area contributed by atoms with Crippen LogP contribution in [0.1, 0.15) is 36.1 Å². The van der Waals surface area contributed by atoms with E-state index in [0.717, 1.165) is 5.56 Å². The van der Waals surface area contributed by atoms with Crippen molar-refractivity contribution in [3.05, 3.63) is 89.0 Å². The molecule has 1 unspecified atom stereocenters. The minimum absolute atomic E-state index is 0.0324. The fourth-order valence-electron chi connectivity index (χ4n) is 4.55. The summed E-state index contributed by atoms with van der Waals surface area (Å²) in [6, 6.07) is 19.0.